The number of ether oxygens (including phenoxy) is 2. The van der Waals surface area contributed by atoms with Crippen LogP contribution in [0.2, 0.25) is 0 Å². The predicted molar refractivity (Wildman–Crippen MR) is 63.2 cm³/mol. The van der Waals surface area contributed by atoms with Gasteiger partial charge in [-0.15, -0.1) is 0 Å². The van der Waals surface area contributed by atoms with Gasteiger partial charge in [0.25, 0.3) is 0 Å². The Bertz CT molecular complexity index is 301. The van der Waals surface area contributed by atoms with Crippen molar-refractivity contribution in [2.75, 3.05) is 13.7 Å². The Morgan fingerprint density at radius 3 is 2.00 bits per heavy atom. The zero-order valence-corrected chi connectivity index (χ0v) is 10.5. The lowest BCUT2D eigenvalue weighted by Gasteiger charge is -2.25. The molecule has 1 aliphatic rings. The number of hydrogen-bond donors (Lipinski definition) is 0. The van der Waals surface area contributed by atoms with Crippen LogP contribution in [0, 0.1) is 11.8 Å². The lowest BCUT2D eigenvalue weighted by Crippen LogP contribution is -2.28. The highest BCUT2D eigenvalue weighted by Gasteiger charge is 2.31. The molecular weight excluding hydrogens is 220 g/mol. The summed E-state index contributed by atoms with van der Waals surface area (Å²) in [7, 11) is 1.40. The van der Waals surface area contributed by atoms with E-state index < -0.39 is 0 Å². The van der Waals surface area contributed by atoms with E-state index in [1.54, 1.807) is 0 Å². The van der Waals surface area contributed by atoms with Crippen LogP contribution in [0.4, 0.5) is 0 Å². The van der Waals surface area contributed by atoms with Crippen LogP contribution < -0.4 is 0 Å². The first kappa shape index (κ1) is 13.7. The minimum atomic E-state index is -0.170. The van der Waals surface area contributed by atoms with Crippen LogP contribution in [0.15, 0.2) is 12.2 Å². The average Bonchev–Trinajstić information content (AvgIpc) is 2.35. The molecule has 0 unspecified atom stereocenters. The topological polar surface area (TPSA) is 52.6 Å². The fourth-order valence-electron chi connectivity index (χ4n) is 2.04. The quantitative estimate of drug-likeness (QED) is 0.557. The lowest BCUT2D eigenvalue weighted by atomic mass is 9.82. The summed E-state index contributed by atoms with van der Waals surface area (Å²) < 4.78 is 9.81. The van der Waals surface area contributed by atoms with E-state index in [0.717, 1.165) is 5.57 Å². The first-order valence-electron chi connectivity index (χ1n) is 5.93. The number of hydrogen-bond acceptors (Lipinski definition) is 4. The van der Waals surface area contributed by atoms with Gasteiger partial charge in [0.05, 0.1) is 18.9 Å². The van der Waals surface area contributed by atoms with Crippen molar-refractivity contribution in [3.63, 3.8) is 0 Å². The molecule has 0 spiro atoms. The molecule has 4 nitrogen and oxygen atoms in total. The number of methoxy groups -OCH3 is 1. The number of carbonyl (C=O) groups excluding carboxylic acids is 2. The molecule has 96 valence electrons. The lowest BCUT2D eigenvalue weighted by molar-refractivity contribution is -0.153. The molecule has 0 bridgehead atoms. The number of rotatable bonds is 4. The van der Waals surface area contributed by atoms with Crippen LogP contribution >= 0.6 is 0 Å². The normalized spacial score (nSPS) is 23.9. The molecule has 0 radical (unpaired) electrons. The van der Waals surface area contributed by atoms with Crippen molar-refractivity contribution >= 4 is 11.9 Å². The third kappa shape index (κ3) is 4.21. The molecule has 0 N–H and O–H groups in total. The second-order valence-electron chi connectivity index (χ2n) is 4.64. The number of esters is 2. The Labute approximate surface area is 102 Å². The Morgan fingerprint density at radius 1 is 1.12 bits per heavy atom. The Hall–Kier alpha value is -1.32. The molecule has 17 heavy (non-hydrogen) atoms. The van der Waals surface area contributed by atoms with Gasteiger partial charge in [0.2, 0.25) is 0 Å². The van der Waals surface area contributed by atoms with Gasteiger partial charge in [0.1, 0.15) is 6.61 Å². The maximum Gasteiger partial charge on any atom is 0.309 e. The zero-order valence-electron chi connectivity index (χ0n) is 10.5. The number of carbonyl (C=O) groups is 2. The van der Waals surface area contributed by atoms with Crippen molar-refractivity contribution in [1.82, 2.24) is 0 Å². The highest BCUT2D eigenvalue weighted by atomic mass is 16.5. The van der Waals surface area contributed by atoms with Gasteiger partial charge in [0.15, 0.2) is 0 Å². The molecule has 0 aromatic heterocycles. The van der Waals surface area contributed by atoms with Crippen molar-refractivity contribution in [3.05, 3.63) is 12.2 Å². The standard InChI is InChI=1S/C13H20O4/c1-9(2)8-17-13(15)11-6-4-10(5-7-11)12(14)16-3/h10-11H,1,4-8H2,2-3H3. The van der Waals surface area contributed by atoms with Gasteiger partial charge in [0, 0.05) is 0 Å². The van der Waals surface area contributed by atoms with E-state index >= 15 is 0 Å². The highest BCUT2D eigenvalue weighted by Crippen LogP contribution is 2.30. The summed E-state index contributed by atoms with van der Waals surface area (Å²) in [5.41, 5.74) is 0.835. The van der Waals surface area contributed by atoms with Crippen LogP contribution in [-0.2, 0) is 19.1 Å². The van der Waals surface area contributed by atoms with Gasteiger partial charge in [-0.25, -0.2) is 0 Å². The average molecular weight is 240 g/mol. The van der Waals surface area contributed by atoms with Gasteiger partial charge in [-0.05, 0) is 38.2 Å². The first-order valence-corrected chi connectivity index (χ1v) is 5.93. The molecule has 0 aromatic carbocycles. The fourth-order valence-corrected chi connectivity index (χ4v) is 2.04. The highest BCUT2D eigenvalue weighted by molar-refractivity contribution is 5.75. The fraction of sp³-hybridized carbons (Fsp3) is 0.692. The van der Waals surface area contributed by atoms with Gasteiger partial charge in [-0.2, -0.15) is 0 Å². The van der Waals surface area contributed by atoms with Crippen molar-refractivity contribution < 1.29 is 19.1 Å². The zero-order chi connectivity index (χ0) is 12.8. The summed E-state index contributed by atoms with van der Waals surface area (Å²) in [4.78, 5) is 23.0. The first-order chi connectivity index (χ1) is 8.04. The van der Waals surface area contributed by atoms with Crippen LogP contribution in [0.5, 0.6) is 0 Å². The second-order valence-corrected chi connectivity index (χ2v) is 4.64. The van der Waals surface area contributed by atoms with Crippen molar-refractivity contribution in [2.45, 2.75) is 32.6 Å². The second kappa shape index (κ2) is 6.42. The van der Waals surface area contributed by atoms with E-state index in [-0.39, 0.29) is 30.4 Å². The Balaban J connectivity index is 2.33. The smallest absolute Gasteiger partial charge is 0.309 e. The molecular formula is C13H20O4. The molecule has 1 saturated carbocycles. The van der Waals surface area contributed by atoms with Crippen LogP contribution in [-0.4, -0.2) is 25.7 Å². The third-order valence-electron chi connectivity index (χ3n) is 3.06. The Kier molecular flexibility index (Phi) is 5.19. The van der Waals surface area contributed by atoms with E-state index in [1.807, 2.05) is 6.92 Å². The van der Waals surface area contributed by atoms with Gasteiger partial charge in [-0.1, -0.05) is 6.58 Å². The Morgan fingerprint density at radius 2 is 1.59 bits per heavy atom. The van der Waals surface area contributed by atoms with Gasteiger partial charge >= 0.3 is 11.9 Å². The minimum absolute atomic E-state index is 0.0507. The SMILES string of the molecule is C=C(C)COC(=O)C1CCC(C(=O)OC)CC1. The van der Waals surface area contributed by atoms with E-state index in [0.29, 0.717) is 25.7 Å². The van der Waals surface area contributed by atoms with E-state index in [4.69, 9.17) is 9.47 Å². The van der Waals surface area contributed by atoms with Crippen LogP contribution in [0.3, 0.4) is 0 Å². The van der Waals surface area contributed by atoms with Crippen molar-refractivity contribution in [2.24, 2.45) is 11.8 Å². The minimum Gasteiger partial charge on any atom is -0.469 e. The molecule has 0 saturated heterocycles. The summed E-state index contributed by atoms with van der Waals surface area (Å²) in [6.45, 7) is 5.79. The van der Waals surface area contributed by atoms with E-state index in [9.17, 15) is 9.59 Å². The summed E-state index contributed by atoms with van der Waals surface area (Å²) >= 11 is 0. The summed E-state index contributed by atoms with van der Waals surface area (Å²) in [5, 5.41) is 0. The third-order valence-corrected chi connectivity index (χ3v) is 3.06. The van der Waals surface area contributed by atoms with Crippen molar-refractivity contribution in [1.29, 1.82) is 0 Å². The van der Waals surface area contributed by atoms with Crippen LogP contribution in [0.1, 0.15) is 32.6 Å². The summed E-state index contributed by atoms with van der Waals surface area (Å²) in [6.07, 6.45) is 2.82. The van der Waals surface area contributed by atoms with Crippen LogP contribution in [0.25, 0.3) is 0 Å². The largest absolute Gasteiger partial charge is 0.469 e. The molecule has 1 fully saturated rings. The maximum absolute atomic E-state index is 11.7. The van der Waals surface area contributed by atoms with E-state index in [2.05, 4.69) is 6.58 Å². The molecule has 0 heterocycles. The molecule has 0 aliphatic heterocycles. The molecule has 1 aliphatic carbocycles. The maximum atomic E-state index is 11.7. The molecule has 0 amide bonds. The molecule has 0 atom stereocenters. The summed E-state index contributed by atoms with van der Waals surface area (Å²) in [5.74, 6) is -0.462. The van der Waals surface area contributed by atoms with E-state index in [1.165, 1.54) is 7.11 Å². The summed E-state index contributed by atoms with van der Waals surface area (Å²) in [6, 6.07) is 0. The van der Waals surface area contributed by atoms with Gasteiger partial charge in [-0.3, -0.25) is 9.59 Å². The molecule has 0 aromatic rings. The molecule has 4 heteroatoms. The van der Waals surface area contributed by atoms with Crippen molar-refractivity contribution in [3.8, 4) is 0 Å². The van der Waals surface area contributed by atoms with Gasteiger partial charge < -0.3 is 9.47 Å². The predicted octanol–water partition coefficient (Wildman–Crippen LogP) is 2.09. The molecule has 1 rings (SSSR count). The monoisotopic (exact) mass is 240 g/mol.